The number of amides is 3. The predicted octanol–water partition coefficient (Wildman–Crippen LogP) is 2.89. The molecule has 2 saturated heterocycles. The minimum absolute atomic E-state index is 0.143. The van der Waals surface area contributed by atoms with Crippen molar-refractivity contribution < 1.29 is 19.1 Å². The van der Waals surface area contributed by atoms with Crippen LogP contribution in [0.1, 0.15) is 37.3 Å². The van der Waals surface area contributed by atoms with E-state index in [0.717, 1.165) is 36.6 Å². The number of carbonyl (C=O) groups is 3. The number of thiazole rings is 1. The summed E-state index contributed by atoms with van der Waals surface area (Å²) >= 11 is 1.69. The molecule has 9 nitrogen and oxygen atoms in total. The van der Waals surface area contributed by atoms with Crippen molar-refractivity contribution in [1.29, 1.82) is 0 Å². The van der Waals surface area contributed by atoms with Gasteiger partial charge in [-0.2, -0.15) is 0 Å². The van der Waals surface area contributed by atoms with Crippen LogP contribution in [0.15, 0.2) is 23.8 Å². The predicted molar refractivity (Wildman–Crippen MR) is 124 cm³/mol. The van der Waals surface area contributed by atoms with Crippen LogP contribution in [-0.2, 0) is 16.0 Å². The zero-order valence-corrected chi connectivity index (χ0v) is 20.1. The van der Waals surface area contributed by atoms with Gasteiger partial charge in [-0.1, -0.05) is 13.8 Å². The summed E-state index contributed by atoms with van der Waals surface area (Å²) in [5.41, 5.74) is 3.03. The molecule has 0 bridgehead atoms. The van der Waals surface area contributed by atoms with Gasteiger partial charge in [-0.05, 0) is 24.8 Å². The summed E-state index contributed by atoms with van der Waals surface area (Å²) in [4.78, 5) is 52.3. The number of piperidine rings is 1. The highest BCUT2D eigenvalue weighted by Gasteiger charge is 2.38. The van der Waals surface area contributed by atoms with Gasteiger partial charge in [0.1, 0.15) is 0 Å². The van der Waals surface area contributed by atoms with Gasteiger partial charge in [0.2, 0.25) is 17.7 Å². The third-order valence-corrected chi connectivity index (χ3v) is 7.05. The minimum atomic E-state index is -0.444. The van der Waals surface area contributed by atoms with E-state index in [2.05, 4.69) is 14.9 Å². The van der Waals surface area contributed by atoms with Crippen LogP contribution in [0.3, 0.4) is 0 Å². The summed E-state index contributed by atoms with van der Waals surface area (Å²) in [7, 11) is 0. The standard InChI is InChI=1S/C23H29N5O4S/c1-16-18(33-15-25-16)6-7-26-8-10-27(11-9-26)22(31)32-19-5-4-17(14-24-19)28-20(29)12-23(2,3)13-21(28)30/h4-5,14-15H,6-13H2,1-3H3. The van der Waals surface area contributed by atoms with Crippen molar-refractivity contribution in [2.75, 3.05) is 37.6 Å². The molecule has 0 atom stereocenters. The van der Waals surface area contributed by atoms with Crippen molar-refractivity contribution in [3.05, 3.63) is 34.4 Å². The molecule has 0 N–H and O–H groups in total. The Kier molecular flexibility index (Phi) is 6.76. The summed E-state index contributed by atoms with van der Waals surface area (Å²) in [5.74, 6) is -0.346. The van der Waals surface area contributed by atoms with E-state index in [1.165, 1.54) is 17.1 Å². The van der Waals surface area contributed by atoms with Crippen molar-refractivity contribution in [1.82, 2.24) is 19.8 Å². The van der Waals surface area contributed by atoms with Crippen LogP contribution in [0.4, 0.5) is 10.5 Å². The molecule has 2 aliphatic rings. The molecule has 0 radical (unpaired) electrons. The number of aromatic nitrogens is 2. The van der Waals surface area contributed by atoms with Crippen molar-refractivity contribution in [3.63, 3.8) is 0 Å². The fourth-order valence-electron chi connectivity index (χ4n) is 4.17. The van der Waals surface area contributed by atoms with E-state index in [1.54, 1.807) is 22.3 Å². The number of hydrogen-bond acceptors (Lipinski definition) is 8. The maximum atomic E-state index is 12.5. The van der Waals surface area contributed by atoms with E-state index in [1.807, 2.05) is 26.3 Å². The van der Waals surface area contributed by atoms with E-state index in [4.69, 9.17) is 4.74 Å². The Balaban J connectivity index is 1.27. The number of aryl methyl sites for hydroxylation is 1. The number of hydrogen-bond donors (Lipinski definition) is 0. The van der Waals surface area contributed by atoms with Gasteiger partial charge in [-0.15, -0.1) is 11.3 Å². The number of piperazine rings is 1. The van der Waals surface area contributed by atoms with Crippen LogP contribution in [0, 0.1) is 12.3 Å². The molecule has 33 heavy (non-hydrogen) atoms. The first-order chi connectivity index (χ1) is 15.7. The van der Waals surface area contributed by atoms with E-state index < -0.39 is 6.09 Å². The highest BCUT2D eigenvalue weighted by atomic mass is 32.1. The van der Waals surface area contributed by atoms with E-state index in [9.17, 15) is 14.4 Å². The minimum Gasteiger partial charge on any atom is -0.391 e. The number of nitrogens with zero attached hydrogens (tertiary/aromatic N) is 5. The van der Waals surface area contributed by atoms with Crippen LogP contribution >= 0.6 is 11.3 Å². The molecule has 2 aromatic heterocycles. The van der Waals surface area contributed by atoms with Gasteiger partial charge in [0.15, 0.2) is 0 Å². The fourth-order valence-corrected chi connectivity index (χ4v) is 4.94. The molecular formula is C23H29N5O4S. The lowest BCUT2D eigenvalue weighted by molar-refractivity contribution is -0.132. The molecule has 0 aliphatic carbocycles. The van der Waals surface area contributed by atoms with Crippen LogP contribution in [0.25, 0.3) is 0 Å². The SMILES string of the molecule is Cc1ncsc1CCN1CCN(C(=O)Oc2ccc(N3C(=O)CC(C)(C)CC3=O)cn2)CC1. The quantitative estimate of drug-likeness (QED) is 0.619. The lowest BCUT2D eigenvalue weighted by Crippen LogP contribution is -2.50. The zero-order chi connectivity index (χ0) is 23.6. The lowest BCUT2D eigenvalue weighted by Gasteiger charge is -2.34. The summed E-state index contributed by atoms with van der Waals surface area (Å²) < 4.78 is 5.42. The summed E-state index contributed by atoms with van der Waals surface area (Å²) in [6.07, 6.45) is 2.52. The Bertz CT molecular complexity index is 1010. The number of pyridine rings is 1. The second-order valence-corrected chi connectivity index (χ2v) is 10.2. The molecular weight excluding hydrogens is 442 g/mol. The average Bonchev–Trinajstić information content (AvgIpc) is 3.17. The largest absolute Gasteiger partial charge is 0.416 e. The third kappa shape index (κ3) is 5.56. The molecule has 2 aromatic rings. The summed E-state index contributed by atoms with van der Waals surface area (Å²) in [6.45, 7) is 9.54. The first kappa shape index (κ1) is 23.3. The highest BCUT2D eigenvalue weighted by Crippen LogP contribution is 2.34. The van der Waals surface area contributed by atoms with Crippen molar-refractivity contribution in [2.45, 2.75) is 40.0 Å². The normalized spacial score (nSPS) is 19.1. The Hall–Kier alpha value is -2.85. The van der Waals surface area contributed by atoms with Crippen LogP contribution in [0.5, 0.6) is 5.88 Å². The monoisotopic (exact) mass is 471 g/mol. The van der Waals surface area contributed by atoms with Gasteiger partial charge < -0.3 is 9.64 Å². The Morgan fingerprint density at radius 1 is 1.09 bits per heavy atom. The molecule has 0 saturated carbocycles. The molecule has 2 fully saturated rings. The molecule has 0 spiro atoms. The number of rotatable bonds is 5. The van der Waals surface area contributed by atoms with Gasteiger partial charge in [0.25, 0.3) is 0 Å². The average molecular weight is 472 g/mol. The molecule has 10 heteroatoms. The van der Waals surface area contributed by atoms with Crippen LogP contribution in [0.2, 0.25) is 0 Å². The van der Waals surface area contributed by atoms with Crippen LogP contribution < -0.4 is 9.64 Å². The van der Waals surface area contributed by atoms with E-state index in [-0.39, 0.29) is 23.1 Å². The molecule has 4 heterocycles. The fraction of sp³-hybridized carbons (Fsp3) is 0.522. The Morgan fingerprint density at radius 3 is 2.36 bits per heavy atom. The third-order valence-electron chi connectivity index (χ3n) is 6.06. The van der Waals surface area contributed by atoms with Gasteiger partial charge >= 0.3 is 6.09 Å². The van der Waals surface area contributed by atoms with Gasteiger partial charge in [0.05, 0.1) is 23.1 Å². The van der Waals surface area contributed by atoms with Gasteiger partial charge in [0, 0.05) is 56.5 Å². The molecule has 176 valence electrons. The lowest BCUT2D eigenvalue weighted by atomic mass is 9.81. The molecule has 0 aromatic carbocycles. The Labute approximate surface area is 197 Å². The second-order valence-electron chi connectivity index (χ2n) is 9.30. The first-order valence-electron chi connectivity index (χ1n) is 11.1. The van der Waals surface area contributed by atoms with Gasteiger partial charge in [-0.25, -0.2) is 19.7 Å². The second kappa shape index (κ2) is 9.56. The van der Waals surface area contributed by atoms with E-state index >= 15 is 0 Å². The van der Waals surface area contributed by atoms with Crippen molar-refractivity contribution in [2.24, 2.45) is 5.41 Å². The van der Waals surface area contributed by atoms with Gasteiger partial charge in [-0.3, -0.25) is 14.5 Å². The summed E-state index contributed by atoms with van der Waals surface area (Å²) in [6, 6.07) is 3.10. The van der Waals surface area contributed by atoms with Crippen LogP contribution in [-0.4, -0.2) is 70.4 Å². The zero-order valence-electron chi connectivity index (χ0n) is 19.2. The Morgan fingerprint density at radius 2 is 1.79 bits per heavy atom. The van der Waals surface area contributed by atoms with Crippen molar-refractivity contribution in [3.8, 4) is 5.88 Å². The topological polar surface area (TPSA) is 95.9 Å². The van der Waals surface area contributed by atoms with E-state index in [0.29, 0.717) is 31.6 Å². The summed E-state index contributed by atoms with van der Waals surface area (Å²) in [5, 5.41) is 0. The maximum absolute atomic E-state index is 12.5. The number of anilines is 1. The highest BCUT2D eigenvalue weighted by molar-refractivity contribution is 7.09. The number of imide groups is 1. The molecule has 4 rings (SSSR count). The number of carbonyl (C=O) groups excluding carboxylic acids is 3. The molecule has 2 aliphatic heterocycles. The van der Waals surface area contributed by atoms with Crippen molar-refractivity contribution >= 4 is 34.9 Å². The molecule has 3 amide bonds. The smallest absolute Gasteiger partial charge is 0.391 e. The maximum Gasteiger partial charge on any atom is 0.416 e. The molecule has 0 unspecified atom stereocenters. The number of ether oxygens (including phenoxy) is 1. The first-order valence-corrected chi connectivity index (χ1v) is 12.0.